The standard InChI is InChI=1S/C15H20Cl2N2O2/c1-3-4-6-19(11(2)20)7-5-15(21)18-14-9-12(16)8-13(17)10-14/h8-10H,3-7H2,1-2H3,(H,18,21). The van der Waals surface area contributed by atoms with Crippen LogP contribution in [-0.4, -0.2) is 29.8 Å². The molecule has 4 nitrogen and oxygen atoms in total. The number of halogens is 2. The Morgan fingerprint density at radius 2 is 1.76 bits per heavy atom. The Hall–Kier alpha value is -1.26. The Morgan fingerprint density at radius 3 is 2.29 bits per heavy atom. The Kier molecular flexibility index (Phi) is 7.54. The van der Waals surface area contributed by atoms with E-state index in [-0.39, 0.29) is 18.2 Å². The smallest absolute Gasteiger partial charge is 0.226 e. The minimum Gasteiger partial charge on any atom is -0.342 e. The summed E-state index contributed by atoms with van der Waals surface area (Å²) in [5, 5.41) is 3.66. The zero-order valence-electron chi connectivity index (χ0n) is 12.3. The number of hydrogen-bond donors (Lipinski definition) is 1. The molecule has 1 aromatic carbocycles. The Bertz CT molecular complexity index is 486. The molecule has 1 rings (SSSR count). The summed E-state index contributed by atoms with van der Waals surface area (Å²) in [6.07, 6.45) is 2.19. The average Bonchev–Trinajstić information content (AvgIpc) is 2.36. The number of unbranched alkanes of at least 4 members (excludes halogenated alkanes) is 1. The third-order valence-corrected chi connectivity index (χ3v) is 3.42. The summed E-state index contributed by atoms with van der Waals surface area (Å²) < 4.78 is 0. The van der Waals surface area contributed by atoms with Gasteiger partial charge in [-0.2, -0.15) is 0 Å². The lowest BCUT2D eigenvalue weighted by atomic mass is 10.2. The van der Waals surface area contributed by atoms with E-state index in [0.29, 0.717) is 28.8 Å². The number of benzene rings is 1. The second-order valence-corrected chi connectivity index (χ2v) is 5.69. The number of nitrogens with zero attached hydrogens (tertiary/aromatic N) is 1. The molecule has 0 fully saturated rings. The highest BCUT2D eigenvalue weighted by molar-refractivity contribution is 6.35. The van der Waals surface area contributed by atoms with Gasteiger partial charge < -0.3 is 10.2 Å². The summed E-state index contributed by atoms with van der Waals surface area (Å²) >= 11 is 11.7. The van der Waals surface area contributed by atoms with Crippen molar-refractivity contribution in [3.05, 3.63) is 28.2 Å². The number of hydrogen-bond acceptors (Lipinski definition) is 2. The van der Waals surface area contributed by atoms with Crippen molar-refractivity contribution >= 4 is 40.7 Å². The van der Waals surface area contributed by atoms with Crippen molar-refractivity contribution in [2.45, 2.75) is 33.1 Å². The first-order chi connectivity index (χ1) is 9.92. The molecule has 6 heteroatoms. The number of carbonyl (C=O) groups is 2. The Labute approximate surface area is 135 Å². The van der Waals surface area contributed by atoms with Crippen molar-refractivity contribution < 1.29 is 9.59 Å². The van der Waals surface area contributed by atoms with Crippen LogP contribution >= 0.6 is 23.2 Å². The molecule has 0 aliphatic heterocycles. The molecule has 0 spiro atoms. The fourth-order valence-corrected chi connectivity index (χ4v) is 2.39. The van der Waals surface area contributed by atoms with Crippen LogP contribution in [0.2, 0.25) is 10.0 Å². The summed E-state index contributed by atoms with van der Waals surface area (Å²) in [5.74, 6) is -0.182. The van der Waals surface area contributed by atoms with Gasteiger partial charge in [0.25, 0.3) is 0 Å². The number of anilines is 1. The van der Waals surface area contributed by atoms with Crippen LogP contribution in [0.25, 0.3) is 0 Å². The molecule has 0 heterocycles. The van der Waals surface area contributed by atoms with Crippen molar-refractivity contribution in [2.75, 3.05) is 18.4 Å². The molecule has 0 aliphatic carbocycles. The molecular formula is C15H20Cl2N2O2. The molecule has 0 saturated carbocycles. The maximum atomic E-state index is 11.9. The van der Waals surface area contributed by atoms with E-state index in [1.807, 2.05) is 0 Å². The number of nitrogens with one attached hydrogen (secondary N) is 1. The number of amides is 2. The van der Waals surface area contributed by atoms with Crippen LogP contribution in [0, 0.1) is 0 Å². The molecule has 0 radical (unpaired) electrons. The minimum absolute atomic E-state index is 0.0120. The zero-order valence-corrected chi connectivity index (χ0v) is 13.8. The van der Waals surface area contributed by atoms with E-state index in [1.54, 1.807) is 23.1 Å². The maximum Gasteiger partial charge on any atom is 0.226 e. The molecule has 0 bridgehead atoms. The first-order valence-corrected chi connectivity index (χ1v) is 7.69. The largest absolute Gasteiger partial charge is 0.342 e. The third-order valence-electron chi connectivity index (χ3n) is 2.98. The van der Waals surface area contributed by atoms with Crippen molar-refractivity contribution in [3.63, 3.8) is 0 Å². The lowest BCUT2D eigenvalue weighted by molar-refractivity contribution is -0.129. The Morgan fingerprint density at radius 1 is 1.14 bits per heavy atom. The van der Waals surface area contributed by atoms with E-state index in [2.05, 4.69) is 12.2 Å². The van der Waals surface area contributed by atoms with Crippen molar-refractivity contribution in [2.24, 2.45) is 0 Å². The second-order valence-electron chi connectivity index (χ2n) is 4.82. The molecule has 0 aliphatic rings. The van der Waals surface area contributed by atoms with Gasteiger partial charge in [-0.15, -0.1) is 0 Å². The van der Waals surface area contributed by atoms with Crippen LogP contribution in [0.1, 0.15) is 33.1 Å². The highest BCUT2D eigenvalue weighted by Gasteiger charge is 2.11. The van der Waals surface area contributed by atoms with Crippen molar-refractivity contribution in [1.29, 1.82) is 0 Å². The van der Waals surface area contributed by atoms with E-state index in [0.717, 1.165) is 12.8 Å². The topological polar surface area (TPSA) is 49.4 Å². The van der Waals surface area contributed by atoms with Gasteiger partial charge in [0.15, 0.2) is 0 Å². The highest BCUT2D eigenvalue weighted by Crippen LogP contribution is 2.22. The molecule has 116 valence electrons. The average molecular weight is 331 g/mol. The Balaban J connectivity index is 2.50. The van der Waals surface area contributed by atoms with E-state index in [9.17, 15) is 9.59 Å². The van der Waals surface area contributed by atoms with Gasteiger partial charge in [0.2, 0.25) is 11.8 Å². The predicted molar refractivity (Wildman–Crippen MR) is 86.9 cm³/mol. The summed E-state index contributed by atoms with van der Waals surface area (Å²) in [7, 11) is 0. The van der Waals surface area contributed by atoms with Gasteiger partial charge in [-0.1, -0.05) is 36.5 Å². The fraction of sp³-hybridized carbons (Fsp3) is 0.467. The van der Waals surface area contributed by atoms with Gasteiger partial charge in [-0.05, 0) is 24.6 Å². The molecular weight excluding hydrogens is 311 g/mol. The quantitative estimate of drug-likeness (QED) is 0.822. The van der Waals surface area contributed by atoms with E-state index in [1.165, 1.54) is 6.92 Å². The molecule has 2 amide bonds. The van der Waals surface area contributed by atoms with Gasteiger partial charge in [0.05, 0.1) is 0 Å². The summed E-state index contributed by atoms with van der Waals surface area (Å²) in [4.78, 5) is 25.1. The van der Waals surface area contributed by atoms with Crippen LogP contribution in [0.15, 0.2) is 18.2 Å². The molecule has 1 aromatic rings. The van der Waals surface area contributed by atoms with Crippen molar-refractivity contribution in [3.8, 4) is 0 Å². The zero-order chi connectivity index (χ0) is 15.8. The molecule has 1 N–H and O–H groups in total. The van der Waals surface area contributed by atoms with E-state index in [4.69, 9.17) is 23.2 Å². The van der Waals surface area contributed by atoms with E-state index < -0.39 is 0 Å². The molecule has 0 unspecified atom stereocenters. The highest BCUT2D eigenvalue weighted by atomic mass is 35.5. The lowest BCUT2D eigenvalue weighted by Crippen LogP contribution is -2.32. The molecule has 0 saturated heterocycles. The molecule has 0 aromatic heterocycles. The number of carbonyl (C=O) groups excluding carboxylic acids is 2. The van der Waals surface area contributed by atoms with Gasteiger partial charge in [0.1, 0.15) is 0 Å². The molecule has 21 heavy (non-hydrogen) atoms. The van der Waals surface area contributed by atoms with Crippen LogP contribution < -0.4 is 5.32 Å². The van der Waals surface area contributed by atoms with Gasteiger partial charge in [0, 0.05) is 42.2 Å². The normalized spacial score (nSPS) is 10.3. The first-order valence-electron chi connectivity index (χ1n) is 6.93. The van der Waals surface area contributed by atoms with Crippen LogP contribution in [-0.2, 0) is 9.59 Å². The first kappa shape index (κ1) is 17.8. The third kappa shape index (κ3) is 6.82. The SMILES string of the molecule is CCCCN(CCC(=O)Nc1cc(Cl)cc(Cl)c1)C(C)=O. The van der Waals surface area contributed by atoms with Crippen LogP contribution in [0.5, 0.6) is 0 Å². The van der Waals surface area contributed by atoms with Gasteiger partial charge in [-0.25, -0.2) is 0 Å². The summed E-state index contributed by atoms with van der Waals surface area (Å²) in [6, 6.07) is 4.86. The second kappa shape index (κ2) is 8.90. The van der Waals surface area contributed by atoms with Crippen molar-refractivity contribution in [1.82, 2.24) is 4.90 Å². The minimum atomic E-state index is -0.170. The number of rotatable bonds is 7. The monoisotopic (exact) mass is 330 g/mol. The van der Waals surface area contributed by atoms with Gasteiger partial charge in [-0.3, -0.25) is 9.59 Å². The van der Waals surface area contributed by atoms with E-state index >= 15 is 0 Å². The maximum absolute atomic E-state index is 11.9. The summed E-state index contributed by atoms with van der Waals surface area (Å²) in [5.41, 5.74) is 0.556. The predicted octanol–water partition coefficient (Wildman–Crippen LogP) is 3.97. The lowest BCUT2D eigenvalue weighted by Gasteiger charge is -2.20. The van der Waals surface area contributed by atoms with Gasteiger partial charge >= 0.3 is 0 Å². The fourth-order valence-electron chi connectivity index (χ4n) is 1.86. The van der Waals surface area contributed by atoms with Crippen LogP contribution in [0.4, 0.5) is 5.69 Å². The molecule has 0 atom stereocenters. The summed E-state index contributed by atoms with van der Waals surface area (Å²) in [6.45, 7) is 4.68. The van der Waals surface area contributed by atoms with Crippen LogP contribution in [0.3, 0.4) is 0 Å².